The molecule has 0 amide bonds. The number of hydrogen-bond donors (Lipinski definition) is 0. The Labute approximate surface area is 112 Å². The van der Waals surface area contributed by atoms with Gasteiger partial charge in [-0.1, -0.05) is 20.5 Å². The largest absolute Gasteiger partial charge is 0.379 e. The van der Waals surface area contributed by atoms with Crippen LogP contribution in [0.15, 0.2) is 0 Å². The van der Waals surface area contributed by atoms with Gasteiger partial charge in [-0.25, -0.2) is 0 Å². The van der Waals surface area contributed by atoms with Crippen LogP contribution in [0, 0.1) is 5.92 Å². The van der Waals surface area contributed by atoms with Gasteiger partial charge in [0.25, 0.3) is 0 Å². The van der Waals surface area contributed by atoms with E-state index in [4.69, 9.17) is 4.74 Å². The van der Waals surface area contributed by atoms with Gasteiger partial charge in [0.1, 0.15) is 0 Å². The highest BCUT2D eigenvalue weighted by atomic mass is 31.0. The zero-order valence-electron chi connectivity index (χ0n) is 12.8. The van der Waals surface area contributed by atoms with E-state index in [1.165, 1.54) is 32.4 Å². The minimum Gasteiger partial charge on any atom is -0.379 e. The lowest BCUT2D eigenvalue weighted by Crippen LogP contribution is -2.30. The molecule has 1 rings (SSSR count). The Balaban J connectivity index is 0. The molecule has 0 aromatic carbocycles. The Bertz CT molecular complexity index is 134. The summed E-state index contributed by atoms with van der Waals surface area (Å²) in [6.07, 6.45) is 4.37. The maximum absolute atomic E-state index is 5.56. The average Bonchev–Trinajstić information content (AvgIpc) is 2.36. The second-order valence-corrected chi connectivity index (χ2v) is 4.45. The van der Waals surface area contributed by atoms with Crippen molar-refractivity contribution >= 4 is 9.24 Å². The number of hydrogen-bond acceptors (Lipinski definition) is 2. The van der Waals surface area contributed by atoms with Crippen molar-refractivity contribution in [2.24, 2.45) is 5.92 Å². The standard InChI is InChI=1S/C11H23NO.C2H6.CH5P/c1-10(2)13-9-6-11-4-7-12(3)8-5-11;2*1-2/h10-11H,4-9H2,1-3H3;1-2H3;2H2,1H3. The summed E-state index contributed by atoms with van der Waals surface area (Å²) < 4.78 is 5.56. The van der Waals surface area contributed by atoms with Crippen LogP contribution in [0.25, 0.3) is 0 Å². The molecule has 0 aliphatic carbocycles. The van der Waals surface area contributed by atoms with Crippen LogP contribution in [0.5, 0.6) is 0 Å². The lowest BCUT2D eigenvalue weighted by Gasteiger charge is -2.28. The van der Waals surface area contributed by atoms with Crippen LogP contribution in [-0.2, 0) is 4.74 Å². The SMILES string of the molecule is CC.CC(C)OCCC1CCN(C)CC1.CP. The van der Waals surface area contributed by atoms with Crippen LogP contribution in [0.2, 0.25) is 0 Å². The topological polar surface area (TPSA) is 12.5 Å². The molecule has 0 bridgehead atoms. The van der Waals surface area contributed by atoms with Crippen molar-refractivity contribution in [1.82, 2.24) is 4.90 Å². The van der Waals surface area contributed by atoms with Gasteiger partial charge in [0.15, 0.2) is 0 Å². The van der Waals surface area contributed by atoms with E-state index >= 15 is 0 Å². The van der Waals surface area contributed by atoms with Gasteiger partial charge >= 0.3 is 0 Å². The van der Waals surface area contributed by atoms with Gasteiger partial charge in [-0.3, -0.25) is 0 Å². The Hall–Kier alpha value is 0.350. The maximum atomic E-state index is 5.56. The van der Waals surface area contributed by atoms with E-state index in [0.717, 1.165) is 12.5 Å². The molecular formula is C14H34NOP. The predicted molar refractivity (Wildman–Crippen MR) is 82.9 cm³/mol. The molecule has 0 spiro atoms. The molecule has 1 aliphatic rings. The molecule has 1 atom stereocenters. The molecule has 106 valence electrons. The number of piperidine rings is 1. The summed E-state index contributed by atoms with van der Waals surface area (Å²) >= 11 is 0. The van der Waals surface area contributed by atoms with Crippen molar-refractivity contribution in [3.8, 4) is 0 Å². The van der Waals surface area contributed by atoms with Gasteiger partial charge in [-0.15, -0.1) is 9.24 Å². The first-order valence-corrected chi connectivity index (χ1v) is 8.22. The second-order valence-electron chi connectivity index (χ2n) is 4.45. The fraction of sp³-hybridized carbons (Fsp3) is 1.00. The molecule has 17 heavy (non-hydrogen) atoms. The molecule has 1 unspecified atom stereocenters. The normalized spacial score (nSPS) is 16.9. The van der Waals surface area contributed by atoms with Gasteiger partial charge in [0.05, 0.1) is 6.10 Å². The van der Waals surface area contributed by atoms with Crippen molar-refractivity contribution < 1.29 is 4.74 Å². The molecule has 0 N–H and O–H groups in total. The molecule has 2 nitrogen and oxygen atoms in total. The second kappa shape index (κ2) is 14.4. The smallest absolute Gasteiger partial charge is 0.0518 e. The molecule has 0 saturated carbocycles. The molecule has 3 heteroatoms. The van der Waals surface area contributed by atoms with E-state index in [1.807, 2.05) is 20.5 Å². The lowest BCUT2D eigenvalue weighted by molar-refractivity contribution is 0.0611. The van der Waals surface area contributed by atoms with E-state index in [2.05, 4.69) is 35.0 Å². The van der Waals surface area contributed by atoms with Gasteiger partial charge in [0.2, 0.25) is 0 Å². The predicted octanol–water partition coefficient (Wildman–Crippen LogP) is 3.66. The Kier molecular flexibility index (Phi) is 16.7. The molecule has 1 fully saturated rings. The summed E-state index contributed by atoms with van der Waals surface area (Å²) in [6.45, 7) is 13.6. The number of rotatable bonds is 4. The van der Waals surface area contributed by atoms with E-state index in [9.17, 15) is 0 Å². The first-order chi connectivity index (χ1) is 8.18. The molecule has 0 aromatic heterocycles. The average molecular weight is 263 g/mol. The highest BCUT2D eigenvalue weighted by Gasteiger charge is 2.16. The summed E-state index contributed by atoms with van der Waals surface area (Å²) in [4.78, 5) is 2.42. The zero-order valence-corrected chi connectivity index (χ0v) is 14.0. The molecule has 1 saturated heterocycles. The Morgan fingerprint density at radius 1 is 1.18 bits per heavy atom. The van der Waals surface area contributed by atoms with Crippen molar-refractivity contribution in [1.29, 1.82) is 0 Å². The van der Waals surface area contributed by atoms with Crippen LogP contribution in [0.3, 0.4) is 0 Å². The third-order valence-corrected chi connectivity index (χ3v) is 2.82. The molecule has 0 aromatic rings. The Morgan fingerprint density at radius 2 is 1.65 bits per heavy atom. The molecule has 1 heterocycles. The zero-order chi connectivity index (χ0) is 13.7. The molecular weight excluding hydrogens is 229 g/mol. The summed E-state index contributed by atoms with van der Waals surface area (Å²) in [7, 11) is 4.63. The fourth-order valence-corrected chi connectivity index (χ4v) is 1.82. The lowest BCUT2D eigenvalue weighted by atomic mass is 9.94. The van der Waals surface area contributed by atoms with Crippen LogP contribution in [0.1, 0.15) is 47.0 Å². The monoisotopic (exact) mass is 263 g/mol. The van der Waals surface area contributed by atoms with Crippen molar-refractivity contribution in [2.45, 2.75) is 53.1 Å². The van der Waals surface area contributed by atoms with Crippen LogP contribution >= 0.6 is 9.24 Å². The summed E-state index contributed by atoms with van der Waals surface area (Å²) in [5, 5.41) is 0. The summed E-state index contributed by atoms with van der Waals surface area (Å²) in [5.41, 5.74) is 0. The highest BCUT2D eigenvalue weighted by Crippen LogP contribution is 2.19. The Morgan fingerprint density at radius 3 is 2.06 bits per heavy atom. The van der Waals surface area contributed by atoms with Crippen molar-refractivity contribution in [3.05, 3.63) is 0 Å². The summed E-state index contributed by atoms with van der Waals surface area (Å²) in [6, 6.07) is 0. The quantitative estimate of drug-likeness (QED) is 0.718. The van der Waals surface area contributed by atoms with Crippen molar-refractivity contribution in [2.75, 3.05) is 33.4 Å². The van der Waals surface area contributed by atoms with Crippen LogP contribution in [-0.4, -0.2) is 44.4 Å². The van der Waals surface area contributed by atoms with Crippen molar-refractivity contribution in [3.63, 3.8) is 0 Å². The number of likely N-dealkylation sites (tertiary alicyclic amines) is 1. The minimum atomic E-state index is 0.395. The number of nitrogens with zero attached hydrogens (tertiary/aromatic N) is 1. The number of ether oxygens (including phenoxy) is 1. The fourth-order valence-electron chi connectivity index (χ4n) is 1.82. The molecule has 1 aliphatic heterocycles. The highest BCUT2D eigenvalue weighted by molar-refractivity contribution is 7.15. The van der Waals surface area contributed by atoms with Crippen LogP contribution < -0.4 is 0 Å². The van der Waals surface area contributed by atoms with E-state index in [-0.39, 0.29) is 0 Å². The summed E-state index contributed by atoms with van der Waals surface area (Å²) in [5.74, 6) is 0.912. The third kappa shape index (κ3) is 12.6. The van der Waals surface area contributed by atoms with E-state index in [0.29, 0.717) is 6.10 Å². The van der Waals surface area contributed by atoms with Gasteiger partial charge in [0, 0.05) is 6.61 Å². The van der Waals surface area contributed by atoms with E-state index < -0.39 is 0 Å². The van der Waals surface area contributed by atoms with Gasteiger partial charge < -0.3 is 9.64 Å². The minimum absolute atomic E-state index is 0.395. The first kappa shape index (κ1) is 19.7. The van der Waals surface area contributed by atoms with Gasteiger partial charge in [-0.05, 0) is 59.2 Å². The van der Waals surface area contributed by atoms with E-state index in [1.54, 1.807) is 0 Å². The molecule has 0 radical (unpaired) electrons. The van der Waals surface area contributed by atoms with Gasteiger partial charge in [-0.2, -0.15) is 0 Å². The first-order valence-electron chi connectivity index (χ1n) is 7.06. The maximum Gasteiger partial charge on any atom is 0.0518 e. The third-order valence-electron chi connectivity index (χ3n) is 2.82. The van der Waals surface area contributed by atoms with Crippen LogP contribution in [0.4, 0.5) is 0 Å².